The van der Waals surface area contributed by atoms with Gasteiger partial charge in [-0.3, -0.25) is 4.98 Å². The highest BCUT2D eigenvalue weighted by Crippen LogP contribution is 2.34. The molecule has 0 fully saturated rings. The second-order valence-corrected chi connectivity index (χ2v) is 6.68. The molecule has 3 rings (SSSR count). The quantitative estimate of drug-likeness (QED) is 0.903. The Labute approximate surface area is 135 Å². The average molecular weight is 345 g/mol. The van der Waals surface area contributed by atoms with E-state index in [1.165, 1.54) is 30.4 Å². The Hall–Kier alpha value is -1.19. The molecule has 0 saturated carbocycles. The fraction of sp³-hybridized carbons (Fsp3) is 0.389. The Bertz CT molecular complexity index is 594. The zero-order valence-corrected chi connectivity index (χ0v) is 13.9. The molecule has 2 atom stereocenters. The second kappa shape index (κ2) is 6.71. The van der Waals surface area contributed by atoms with Gasteiger partial charge in [0.15, 0.2) is 0 Å². The number of nitrogens with zero attached hydrogens (tertiary/aromatic N) is 1. The summed E-state index contributed by atoms with van der Waals surface area (Å²) in [5.41, 5.74) is 4.21. The summed E-state index contributed by atoms with van der Waals surface area (Å²) < 4.78 is 1.04. The third kappa shape index (κ3) is 3.35. The van der Waals surface area contributed by atoms with Gasteiger partial charge in [0.25, 0.3) is 0 Å². The molecule has 110 valence electrons. The summed E-state index contributed by atoms with van der Waals surface area (Å²) in [7, 11) is 2.07. The SMILES string of the molecule is CNC(Cc1ccc(Br)cn1)C1CCCc2ccccc21. The van der Waals surface area contributed by atoms with Crippen LogP contribution in [-0.2, 0) is 12.8 Å². The van der Waals surface area contributed by atoms with E-state index in [2.05, 4.69) is 69.7 Å². The third-order valence-corrected chi connectivity index (χ3v) is 4.96. The predicted octanol–water partition coefficient (Wildman–Crippen LogP) is 4.09. The van der Waals surface area contributed by atoms with Crippen molar-refractivity contribution in [2.75, 3.05) is 7.05 Å². The summed E-state index contributed by atoms with van der Waals surface area (Å²) in [5, 5.41) is 3.52. The smallest absolute Gasteiger partial charge is 0.0420 e. The van der Waals surface area contributed by atoms with Gasteiger partial charge in [-0.2, -0.15) is 0 Å². The summed E-state index contributed by atoms with van der Waals surface area (Å²) in [6.45, 7) is 0. The largest absolute Gasteiger partial charge is 0.316 e. The van der Waals surface area contributed by atoms with E-state index < -0.39 is 0 Å². The lowest BCUT2D eigenvalue weighted by Gasteiger charge is -2.32. The Morgan fingerprint density at radius 1 is 1.29 bits per heavy atom. The molecule has 1 aromatic carbocycles. The van der Waals surface area contributed by atoms with Crippen LogP contribution in [0.25, 0.3) is 0 Å². The molecule has 1 heterocycles. The number of rotatable bonds is 4. The molecule has 0 radical (unpaired) electrons. The van der Waals surface area contributed by atoms with E-state index in [9.17, 15) is 0 Å². The van der Waals surface area contributed by atoms with Crippen molar-refractivity contribution in [3.8, 4) is 0 Å². The Balaban J connectivity index is 1.82. The third-order valence-electron chi connectivity index (χ3n) is 4.49. The fourth-order valence-corrected chi connectivity index (χ4v) is 3.64. The molecule has 0 bridgehead atoms. The number of fused-ring (bicyclic) bond motifs is 1. The van der Waals surface area contributed by atoms with Crippen LogP contribution in [0.5, 0.6) is 0 Å². The molecule has 1 aromatic heterocycles. The first-order chi connectivity index (χ1) is 10.3. The minimum Gasteiger partial charge on any atom is -0.316 e. The molecule has 2 unspecified atom stereocenters. The summed E-state index contributed by atoms with van der Waals surface area (Å²) in [6, 6.07) is 13.5. The fourth-order valence-electron chi connectivity index (χ4n) is 3.41. The lowest BCUT2D eigenvalue weighted by atomic mass is 9.77. The van der Waals surface area contributed by atoms with Crippen LogP contribution in [0, 0.1) is 0 Å². The maximum Gasteiger partial charge on any atom is 0.0420 e. The van der Waals surface area contributed by atoms with Crippen molar-refractivity contribution in [2.24, 2.45) is 0 Å². The molecule has 1 aliphatic rings. The maximum absolute atomic E-state index is 4.53. The minimum absolute atomic E-state index is 0.445. The van der Waals surface area contributed by atoms with Gasteiger partial charge in [0.1, 0.15) is 0 Å². The van der Waals surface area contributed by atoms with Crippen LogP contribution in [-0.4, -0.2) is 18.1 Å². The summed E-state index contributed by atoms with van der Waals surface area (Å²) in [6.07, 6.45) is 6.63. The van der Waals surface area contributed by atoms with Gasteiger partial charge >= 0.3 is 0 Å². The van der Waals surface area contributed by atoms with E-state index in [1.54, 1.807) is 0 Å². The van der Waals surface area contributed by atoms with Crippen molar-refractivity contribution in [3.63, 3.8) is 0 Å². The highest BCUT2D eigenvalue weighted by Gasteiger charge is 2.27. The summed E-state index contributed by atoms with van der Waals surface area (Å²) >= 11 is 3.45. The van der Waals surface area contributed by atoms with Gasteiger partial charge in [-0.15, -0.1) is 0 Å². The van der Waals surface area contributed by atoms with Crippen LogP contribution in [0.2, 0.25) is 0 Å². The summed E-state index contributed by atoms with van der Waals surface area (Å²) in [4.78, 5) is 4.53. The number of hydrogen-bond acceptors (Lipinski definition) is 2. The first kappa shape index (κ1) is 14.7. The lowest BCUT2D eigenvalue weighted by Crippen LogP contribution is -2.36. The monoisotopic (exact) mass is 344 g/mol. The predicted molar refractivity (Wildman–Crippen MR) is 90.6 cm³/mol. The molecule has 2 aromatic rings. The number of nitrogens with one attached hydrogen (secondary N) is 1. The highest BCUT2D eigenvalue weighted by molar-refractivity contribution is 9.10. The second-order valence-electron chi connectivity index (χ2n) is 5.76. The molecule has 0 spiro atoms. The van der Waals surface area contributed by atoms with Gasteiger partial charge in [-0.25, -0.2) is 0 Å². The Morgan fingerprint density at radius 2 is 2.14 bits per heavy atom. The zero-order chi connectivity index (χ0) is 14.7. The number of likely N-dealkylation sites (N-methyl/N-ethyl adjacent to an activating group) is 1. The first-order valence-electron chi connectivity index (χ1n) is 7.63. The molecule has 21 heavy (non-hydrogen) atoms. The van der Waals surface area contributed by atoms with E-state index in [0.29, 0.717) is 12.0 Å². The van der Waals surface area contributed by atoms with Gasteiger partial charge in [-0.05, 0) is 71.4 Å². The van der Waals surface area contributed by atoms with E-state index in [1.807, 2.05) is 6.20 Å². The molecule has 0 saturated heterocycles. The molecule has 1 N–H and O–H groups in total. The van der Waals surface area contributed by atoms with Crippen LogP contribution < -0.4 is 5.32 Å². The number of hydrogen-bond donors (Lipinski definition) is 1. The van der Waals surface area contributed by atoms with Crippen molar-refractivity contribution in [1.82, 2.24) is 10.3 Å². The Kier molecular flexibility index (Phi) is 4.71. The van der Waals surface area contributed by atoms with Crippen molar-refractivity contribution < 1.29 is 0 Å². The van der Waals surface area contributed by atoms with Crippen LogP contribution in [0.4, 0.5) is 0 Å². The topological polar surface area (TPSA) is 24.9 Å². The molecule has 0 amide bonds. The van der Waals surface area contributed by atoms with Crippen molar-refractivity contribution in [1.29, 1.82) is 0 Å². The molecule has 1 aliphatic carbocycles. The molecular formula is C18H21BrN2. The number of pyridine rings is 1. The van der Waals surface area contributed by atoms with E-state index in [0.717, 1.165) is 16.6 Å². The van der Waals surface area contributed by atoms with Gasteiger partial charge in [0.2, 0.25) is 0 Å². The van der Waals surface area contributed by atoms with Crippen LogP contribution >= 0.6 is 15.9 Å². The normalized spacial score (nSPS) is 19.0. The number of benzene rings is 1. The van der Waals surface area contributed by atoms with Crippen LogP contribution in [0.3, 0.4) is 0 Å². The molecule has 0 aliphatic heterocycles. The number of aryl methyl sites for hydroxylation is 1. The number of aromatic nitrogens is 1. The number of halogens is 1. The van der Waals surface area contributed by atoms with Gasteiger partial charge in [0.05, 0.1) is 0 Å². The standard InChI is InChI=1S/C18H21BrN2/c1-20-18(11-15-10-9-14(19)12-21-15)17-8-4-6-13-5-2-3-7-16(13)17/h2-3,5,7,9-10,12,17-18,20H,4,6,8,11H2,1H3. The van der Waals surface area contributed by atoms with Crippen molar-refractivity contribution in [2.45, 2.75) is 37.6 Å². The van der Waals surface area contributed by atoms with Crippen molar-refractivity contribution >= 4 is 15.9 Å². The maximum atomic E-state index is 4.53. The Morgan fingerprint density at radius 3 is 2.90 bits per heavy atom. The van der Waals surface area contributed by atoms with Crippen LogP contribution in [0.15, 0.2) is 47.1 Å². The van der Waals surface area contributed by atoms with Crippen molar-refractivity contribution in [3.05, 3.63) is 63.9 Å². The zero-order valence-electron chi connectivity index (χ0n) is 12.3. The van der Waals surface area contributed by atoms with Gasteiger partial charge in [-0.1, -0.05) is 24.3 Å². The van der Waals surface area contributed by atoms with E-state index in [-0.39, 0.29) is 0 Å². The van der Waals surface area contributed by atoms with Gasteiger partial charge < -0.3 is 5.32 Å². The average Bonchev–Trinajstić information content (AvgIpc) is 2.54. The lowest BCUT2D eigenvalue weighted by molar-refractivity contribution is 0.408. The molecule has 2 nitrogen and oxygen atoms in total. The van der Waals surface area contributed by atoms with E-state index in [4.69, 9.17) is 0 Å². The van der Waals surface area contributed by atoms with E-state index >= 15 is 0 Å². The minimum atomic E-state index is 0.445. The van der Waals surface area contributed by atoms with Crippen LogP contribution in [0.1, 0.15) is 35.6 Å². The molecular weight excluding hydrogens is 324 g/mol. The molecule has 3 heteroatoms. The first-order valence-corrected chi connectivity index (χ1v) is 8.42. The highest BCUT2D eigenvalue weighted by atomic mass is 79.9. The van der Waals surface area contributed by atoms with Gasteiger partial charge in [0, 0.05) is 28.8 Å². The summed E-state index contributed by atoms with van der Waals surface area (Å²) in [5.74, 6) is 0.588.